The first-order chi connectivity index (χ1) is 17.5. The monoisotopic (exact) mass is 490 g/mol. The summed E-state index contributed by atoms with van der Waals surface area (Å²) in [5, 5.41) is 3.09. The van der Waals surface area contributed by atoms with Crippen molar-refractivity contribution in [1.29, 1.82) is 0 Å². The first-order valence-electron chi connectivity index (χ1n) is 11.8. The van der Waals surface area contributed by atoms with Crippen LogP contribution in [-0.4, -0.2) is 55.3 Å². The molecular formula is C26H30N6O4. The fraction of sp³-hybridized carbons (Fsp3) is 0.308. The number of likely N-dealkylation sites (N-methyl/N-ethyl adjacent to an activating group) is 1. The van der Waals surface area contributed by atoms with Crippen LogP contribution in [0.4, 0.5) is 22.2 Å². The van der Waals surface area contributed by atoms with E-state index >= 15 is 0 Å². The van der Waals surface area contributed by atoms with E-state index in [9.17, 15) is 9.59 Å². The van der Waals surface area contributed by atoms with Crippen LogP contribution in [0.25, 0.3) is 0 Å². The van der Waals surface area contributed by atoms with Crippen molar-refractivity contribution < 1.29 is 19.1 Å². The highest BCUT2D eigenvalue weighted by atomic mass is 16.5. The van der Waals surface area contributed by atoms with Crippen molar-refractivity contribution in [1.82, 2.24) is 9.97 Å². The zero-order chi connectivity index (χ0) is 25.5. The van der Waals surface area contributed by atoms with Gasteiger partial charge in [-0.25, -0.2) is 9.78 Å². The van der Waals surface area contributed by atoms with E-state index in [0.717, 1.165) is 5.56 Å². The number of aromatic nitrogens is 2. The SMILES string of the molecule is CCNc1ncc2c(n1)N(C)CCN(c1cccc(OC(CCOC(N)=O)c3ccccc3)c1)C2=O. The molecule has 0 radical (unpaired) electrons. The predicted octanol–water partition coefficient (Wildman–Crippen LogP) is 3.61. The molecule has 10 heteroatoms. The van der Waals surface area contributed by atoms with E-state index in [1.807, 2.05) is 73.5 Å². The van der Waals surface area contributed by atoms with Crippen molar-refractivity contribution in [3.05, 3.63) is 71.9 Å². The molecule has 0 saturated carbocycles. The molecule has 0 bridgehead atoms. The summed E-state index contributed by atoms with van der Waals surface area (Å²) >= 11 is 0. The van der Waals surface area contributed by atoms with Crippen molar-refractivity contribution in [3.8, 4) is 5.75 Å². The average Bonchev–Trinajstić information content (AvgIpc) is 3.00. The third-order valence-electron chi connectivity index (χ3n) is 5.80. The molecule has 3 N–H and O–H groups in total. The van der Waals surface area contributed by atoms with Gasteiger partial charge in [-0.2, -0.15) is 4.98 Å². The molecule has 1 atom stereocenters. The number of nitrogens with one attached hydrogen (secondary N) is 1. The molecule has 0 aliphatic carbocycles. The van der Waals surface area contributed by atoms with Crippen LogP contribution < -0.4 is 25.6 Å². The Morgan fingerprint density at radius 3 is 2.72 bits per heavy atom. The largest absolute Gasteiger partial charge is 0.486 e. The Balaban J connectivity index is 1.58. The maximum Gasteiger partial charge on any atom is 0.404 e. The molecule has 2 heterocycles. The summed E-state index contributed by atoms with van der Waals surface area (Å²) in [6.07, 6.45) is 0.798. The van der Waals surface area contributed by atoms with Crippen molar-refractivity contribution in [3.63, 3.8) is 0 Å². The molecule has 0 fully saturated rings. The van der Waals surface area contributed by atoms with Gasteiger partial charge < -0.3 is 30.3 Å². The van der Waals surface area contributed by atoms with E-state index in [1.54, 1.807) is 11.1 Å². The fourth-order valence-corrected chi connectivity index (χ4v) is 4.02. The Morgan fingerprint density at radius 2 is 1.97 bits per heavy atom. The number of carbonyl (C=O) groups excluding carboxylic acids is 2. The van der Waals surface area contributed by atoms with Gasteiger partial charge in [-0.1, -0.05) is 36.4 Å². The first-order valence-corrected chi connectivity index (χ1v) is 11.8. The van der Waals surface area contributed by atoms with Crippen LogP contribution in [-0.2, 0) is 4.74 Å². The van der Waals surface area contributed by atoms with E-state index in [0.29, 0.717) is 54.8 Å². The fourth-order valence-electron chi connectivity index (χ4n) is 4.02. The molecule has 1 aliphatic rings. The summed E-state index contributed by atoms with van der Waals surface area (Å²) in [5.41, 5.74) is 7.19. The molecule has 2 amide bonds. The number of hydrogen-bond donors (Lipinski definition) is 2. The summed E-state index contributed by atoms with van der Waals surface area (Å²) in [4.78, 5) is 37.0. The first kappa shape index (κ1) is 24.8. The second-order valence-electron chi connectivity index (χ2n) is 8.31. The van der Waals surface area contributed by atoms with Crippen molar-refractivity contribution in [2.75, 3.05) is 48.4 Å². The van der Waals surface area contributed by atoms with Gasteiger partial charge >= 0.3 is 6.09 Å². The molecule has 10 nitrogen and oxygen atoms in total. The number of carbonyl (C=O) groups is 2. The molecule has 1 aliphatic heterocycles. The van der Waals surface area contributed by atoms with E-state index in [4.69, 9.17) is 15.2 Å². The van der Waals surface area contributed by atoms with E-state index < -0.39 is 6.09 Å². The van der Waals surface area contributed by atoms with Crippen LogP contribution in [0, 0.1) is 0 Å². The minimum absolute atomic E-state index is 0.122. The van der Waals surface area contributed by atoms with Gasteiger partial charge in [-0.05, 0) is 24.6 Å². The number of hydrogen-bond acceptors (Lipinski definition) is 8. The van der Waals surface area contributed by atoms with Crippen LogP contribution in [0.15, 0.2) is 60.8 Å². The summed E-state index contributed by atoms with van der Waals surface area (Å²) < 4.78 is 11.2. The van der Waals surface area contributed by atoms with Gasteiger partial charge in [0.25, 0.3) is 5.91 Å². The predicted molar refractivity (Wildman–Crippen MR) is 138 cm³/mol. The Morgan fingerprint density at radius 1 is 1.17 bits per heavy atom. The number of primary amides is 1. The van der Waals surface area contributed by atoms with Crippen molar-refractivity contribution in [2.45, 2.75) is 19.4 Å². The summed E-state index contributed by atoms with van der Waals surface area (Å²) in [6, 6.07) is 17.1. The number of ether oxygens (including phenoxy) is 2. The van der Waals surface area contributed by atoms with Gasteiger partial charge in [0.1, 0.15) is 23.2 Å². The van der Waals surface area contributed by atoms with Crippen LogP contribution >= 0.6 is 0 Å². The lowest BCUT2D eigenvalue weighted by atomic mass is 10.1. The highest BCUT2D eigenvalue weighted by molar-refractivity contribution is 6.09. The molecular weight excluding hydrogens is 460 g/mol. The number of benzene rings is 2. The van der Waals surface area contributed by atoms with Crippen LogP contribution in [0.5, 0.6) is 5.75 Å². The Kier molecular flexibility index (Phi) is 7.84. The molecule has 1 aromatic heterocycles. The minimum Gasteiger partial charge on any atom is -0.486 e. The lowest BCUT2D eigenvalue weighted by Crippen LogP contribution is -2.33. The minimum atomic E-state index is -0.824. The number of nitrogens with two attached hydrogens (primary N) is 1. The molecule has 36 heavy (non-hydrogen) atoms. The zero-order valence-electron chi connectivity index (χ0n) is 20.4. The van der Waals surface area contributed by atoms with Gasteiger partial charge in [0.15, 0.2) is 0 Å². The van der Waals surface area contributed by atoms with Crippen molar-refractivity contribution >= 4 is 29.5 Å². The molecule has 188 valence electrons. The smallest absolute Gasteiger partial charge is 0.404 e. The number of rotatable bonds is 9. The van der Waals surface area contributed by atoms with Gasteiger partial charge in [-0.3, -0.25) is 4.79 Å². The quantitative estimate of drug-likeness (QED) is 0.466. The van der Waals surface area contributed by atoms with E-state index in [2.05, 4.69) is 15.3 Å². The van der Waals surface area contributed by atoms with Crippen LogP contribution in [0.1, 0.15) is 35.4 Å². The lowest BCUT2D eigenvalue weighted by Gasteiger charge is -2.23. The molecule has 0 spiro atoms. The van der Waals surface area contributed by atoms with Crippen LogP contribution in [0.2, 0.25) is 0 Å². The van der Waals surface area contributed by atoms with Gasteiger partial charge in [-0.15, -0.1) is 0 Å². The third kappa shape index (κ3) is 5.83. The standard InChI is InChI=1S/C26H30N6O4/c1-3-28-26-29-17-21-23(30-26)31(2)13-14-32(24(21)33)19-10-7-11-20(16-19)36-22(12-15-35-25(27)34)18-8-5-4-6-9-18/h4-11,16-17,22H,3,12-15H2,1-2H3,(H2,27,34)(H,28,29,30). The van der Waals surface area contributed by atoms with E-state index in [1.165, 1.54) is 0 Å². The van der Waals surface area contributed by atoms with Gasteiger partial charge in [0.05, 0.1) is 6.61 Å². The highest BCUT2D eigenvalue weighted by Crippen LogP contribution is 2.31. The third-order valence-corrected chi connectivity index (χ3v) is 5.80. The Bertz CT molecular complexity index is 1210. The van der Waals surface area contributed by atoms with E-state index in [-0.39, 0.29) is 18.6 Å². The zero-order valence-corrected chi connectivity index (χ0v) is 20.4. The topological polar surface area (TPSA) is 123 Å². The maximum atomic E-state index is 13.5. The molecule has 0 saturated heterocycles. The Labute approximate surface area is 210 Å². The Hall–Kier alpha value is -4.34. The molecule has 4 rings (SSSR count). The highest BCUT2D eigenvalue weighted by Gasteiger charge is 2.28. The summed E-state index contributed by atoms with van der Waals surface area (Å²) in [6.45, 7) is 3.85. The molecule has 1 unspecified atom stereocenters. The average molecular weight is 491 g/mol. The summed E-state index contributed by atoms with van der Waals surface area (Å²) in [5.74, 6) is 1.50. The lowest BCUT2D eigenvalue weighted by molar-refractivity contribution is 0.0989. The second kappa shape index (κ2) is 11.4. The number of nitrogens with zero attached hydrogens (tertiary/aromatic N) is 4. The molecule has 3 aromatic rings. The number of anilines is 3. The maximum absolute atomic E-state index is 13.5. The summed E-state index contributed by atoms with van der Waals surface area (Å²) in [7, 11) is 1.91. The second-order valence-corrected chi connectivity index (χ2v) is 8.31. The van der Waals surface area contributed by atoms with Crippen molar-refractivity contribution in [2.24, 2.45) is 5.73 Å². The van der Waals surface area contributed by atoms with Gasteiger partial charge in [0, 0.05) is 51.1 Å². The number of amides is 2. The van der Waals surface area contributed by atoms with Gasteiger partial charge in [0.2, 0.25) is 5.95 Å². The normalized spacial score (nSPS) is 14.0. The number of fused-ring (bicyclic) bond motifs is 1. The molecule has 2 aromatic carbocycles. The van der Waals surface area contributed by atoms with Crippen LogP contribution in [0.3, 0.4) is 0 Å².